The molecule has 4 nitrogen and oxygen atoms in total. The monoisotopic (exact) mass is 317 g/mol. The van der Waals surface area contributed by atoms with Gasteiger partial charge in [-0.15, -0.1) is 6.42 Å². The Hall–Kier alpha value is -2.06. The molecule has 0 fully saturated rings. The Morgan fingerprint density at radius 2 is 2.11 bits per heavy atom. The number of hydrogen-bond donors (Lipinski definition) is 1. The first-order chi connectivity index (χ1) is 9.29. The second-order valence-electron chi connectivity index (χ2n) is 3.73. The van der Waals surface area contributed by atoms with E-state index in [1.807, 2.05) is 18.2 Å². The van der Waals surface area contributed by atoms with Crippen molar-refractivity contribution in [2.75, 3.05) is 11.9 Å². The highest BCUT2D eigenvalue weighted by atomic mass is 79.9. The van der Waals surface area contributed by atoms with Gasteiger partial charge in [0.05, 0.1) is 18.1 Å². The first-order valence-corrected chi connectivity index (χ1v) is 6.42. The third-order valence-corrected chi connectivity index (χ3v) is 2.87. The molecule has 96 valence electrons. The molecule has 0 aliphatic heterocycles. The van der Waals surface area contributed by atoms with Crippen molar-refractivity contribution in [3.8, 4) is 18.1 Å². The van der Waals surface area contributed by atoms with Crippen molar-refractivity contribution in [3.63, 3.8) is 0 Å². The van der Waals surface area contributed by atoms with Gasteiger partial charge in [0.2, 0.25) is 0 Å². The quantitative estimate of drug-likeness (QED) is 0.861. The number of ether oxygens (including phenoxy) is 1. The zero-order chi connectivity index (χ0) is 13.5. The van der Waals surface area contributed by atoms with E-state index in [4.69, 9.17) is 11.2 Å². The van der Waals surface area contributed by atoms with E-state index in [1.165, 1.54) is 6.33 Å². The van der Waals surface area contributed by atoms with Crippen LogP contribution in [0.3, 0.4) is 0 Å². The standard InChI is InChI=1S/C14H12BrN3O/c1-2-5-19-14-4-3-12(15)6-11(14)7-18-13-8-16-10-17-9-13/h1,3-4,6,8-10,18H,5,7H2. The Morgan fingerprint density at radius 1 is 1.32 bits per heavy atom. The number of nitrogens with one attached hydrogen (secondary N) is 1. The molecule has 0 atom stereocenters. The molecule has 0 unspecified atom stereocenters. The largest absolute Gasteiger partial charge is 0.481 e. The van der Waals surface area contributed by atoms with Crippen LogP contribution in [0.15, 0.2) is 41.4 Å². The molecule has 0 saturated heterocycles. The molecule has 0 radical (unpaired) electrons. The van der Waals surface area contributed by atoms with Crippen LogP contribution in [0, 0.1) is 12.3 Å². The minimum Gasteiger partial charge on any atom is -0.481 e. The second kappa shape index (κ2) is 6.76. The third kappa shape index (κ3) is 3.97. The molecular formula is C14H12BrN3O. The summed E-state index contributed by atoms with van der Waals surface area (Å²) in [6, 6.07) is 5.80. The number of nitrogens with zero attached hydrogens (tertiary/aromatic N) is 2. The van der Waals surface area contributed by atoms with E-state index < -0.39 is 0 Å². The molecule has 1 aromatic carbocycles. The molecule has 1 aromatic heterocycles. The summed E-state index contributed by atoms with van der Waals surface area (Å²) in [6.07, 6.45) is 10.1. The van der Waals surface area contributed by atoms with E-state index in [-0.39, 0.29) is 6.61 Å². The SMILES string of the molecule is C#CCOc1ccc(Br)cc1CNc1cncnc1. The summed E-state index contributed by atoms with van der Waals surface area (Å²) in [7, 11) is 0. The van der Waals surface area contributed by atoms with Gasteiger partial charge in [0.15, 0.2) is 0 Å². The maximum absolute atomic E-state index is 5.50. The molecule has 2 aromatic rings. The van der Waals surface area contributed by atoms with Crippen molar-refractivity contribution in [1.82, 2.24) is 9.97 Å². The van der Waals surface area contributed by atoms with Crippen LogP contribution in [0.2, 0.25) is 0 Å². The predicted molar refractivity (Wildman–Crippen MR) is 77.8 cm³/mol. The van der Waals surface area contributed by atoms with Crippen LogP contribution >= 0.6 is 15.9 Å². The Kier molecular flexibility index (Phi) is 4.76. The van der Waals surface area contributed by atoms with Crippen LogP contribution in [0.4, 0.5) is 5.69 Å². The van der Waals surface area contributed by atoms with Crippen molar-refractivity contribution in [3.05, 3.63) is 47.0 Å². The molecule has 19 heavy (non-hydrogen) atoms. The average Bonchev–Trinajstić information content (AvgIpc) is 2.45. The van der Waals surface area contributed by atoms with Crippen molar-refractivity contribution >= 4 is 21.6 Å². The molecular weight excluding hydrogens is 306 g/mol. The van der Waals surface area contributed by atoms with Gasteiger partial charge in [-0.3, -0.25) is 0 Å². The van der Waals surface area contributed by atoms with Crippen LogP contribution in [0.1, 0.15) is 5.56 Å². The van der Waals surface area contributed by atoms with Crippen molar-refractivity contribution in [2.24, 2.45) is 0 Å². The van der Waals surface area contributed by atoms with Gasteiger partial charge in [0.1, 0.15) is 18.7 Å². The normalized spacial score (nSPS) is 9.68. The molecule has 0 spiro atoms. The van der Waals surface area contributed by atoms with Gasteiger partial charge >= 0.3 is 0 Å². The highest BCUT2D eigenvalue weighted by molar-refractivity contribution is 9.10. The summed E-state index contributed by atoms with van der Waals surface area (Å²) < 4.78 is 6.49. The predicted octanol–water partition coefficient (Wildman–Crippen LogP) is 2.86. The molecule has 2 rings (SSSR count). The van der Waals surface area contributed by atoms with Gasteiger partial charge in [-0.2, -0.15) is 0 Å². The number of hydrogen-bond acceptors (Lipinski definition) is 4. The van der Waals surface area contributed by atoms with E-state index >= 15 is 0 Å². The number of terminal acetylenes is 1. The van der Waals surface area contributed by atoms with Crippen LogP contribution < -0.4 is 10.1 Å². The van der Waals surface area contributed by atoms with Gasteiger partial charge < -0.3 is 10.1 Å². The smallest absolute Gasteiger partial charge is 0.148 e. The number of benzene rings is 1. The van der Waals surface area contributed by atoms with E-state index in [9.17, 15) is 0 Å². The summed E-state index contributed by atoms with van der Waals surface area (Å²) in [5, 5.41) is 3.23. The van der Waals surface area contributed by atoms with E-state index in [0.717, 1.165) is 21.5 Å². The molecule has 0 saturated carbocycles. The highest BCUT2D eigenvalue weighted by Gasteiger charge is 2.04. The highest BCUT2D eigenvalue weighted by Crippen LogP contribution is 2.24. The lowest BCUT2D eigenvalue weighted by molar-refractivity contribution is 0.366. The average molecular weight is 318 g/mol. The van der Waals surface area contributed by atoms with Crippen molar-refractivity contribution in [1.29, 1.82) is 0 Å². The summed E-state index contributed by atoms with van der Waals surface area (Å²) >= 11 is 3.44. The fraction of sp³-hybridized carbons (Fsp3) is 0.143. The van der Waals surface area contributed by atoms with Crippen LogP contribution in [0.5, 0.6) is 5.75 Å². The van der Waals surface area contributed by atoms with E-state index in [0.29, 0.717) is 6.54 Å². The summed E-state index contributed by atoms with van der Waals surface area (Å²) in [5.74, 6) is 3.23. The molecule has 5 heteroatoms. The van der Waals surface area contributed by atoms with Gasteiger partial charge in [-0.25, -0.2) is 9.97 Å². The molecule has 0 aliphatic carbocycles. The fourth-order valence-corrected chi connectivity index (χ4v) is 1.94. The Morgan fingerprint density at radius 3 is 2.84 bits per heavy atom. The molecule has 0 amide bonds. The van der Waals surface area contributed by atoms with Gasteiger partial charge in [-0.1, -0.05) is 21.9 Å². The zero-order valence-corrected chi connectivity index (χ0v) is 11.7. The topological polar surface area (TPSA) is 47.0 Å². The van der Waals surface area contributed by atoms with Crippen molar-refractivity contribution < 1.29 is 4.74 Å². The second-order valence-corrected chi connectivity index (χ2v) is 4.64. The third-order valence-electron chi connectivity index (χ3n) is 2.38. The zero-order valence-electron chi connectivity index (χ0n) is 10.1. The maximum atomic E-state index is 5.50. The summed E-state index contributed by atoms with van der Waals surface area (Å²) in [6.45, 7) is 0.857. The molecule has 1 N–H and O–H groups in total. The van der Waals surface area contributed by atoms with Gasteiger partial charge in [0.25, 0.3) is 0 Å². The maximum Gasteiger partial charge on any atom is 0.148 e. The Bertz CT molecular complexity index is 581. The van der Waals surface area contributed by atoms with E-state index in [2.05, 4.69) is 37.1 Å². The number of anilines is 1. The van der Waals surface area contributed by atoms with Crippen LogP contribution in [-0.4, -0.2) is 16.6 Å². The fourth-order valence-electron chi connectivity index (χ4n) is 1.53. The number of aromatic nitrogens is 2. The Balaban J connectivity index is 2.10. The Labute approximate surface area is 120 Å². The molecule has 0 bridgehead atoms. The minimum atomic E-state index is 0.253. The van der Waals surface area contributed by atoms with Crippen LogP contribution in [0.25, 0.3) is 0 Å². The summed E-state index contributed by atoms with van der Waals surface area (Å²) in [4.78, 5) is 7.89. The number of halogens is 1. The lowest BCUT2D eigenvalue weighted by atomic mass is 10.2. The molecule has 1 heterocycles. The lowest BCUT2D eigenvalue weighted by Crippen LogP contribution is -2.04. The summed E-state index contributed by atoms with van der Waals surface area (Å²) in [5.41, 5.74) is 1.86. The lowest BCUT2D eigenvalue weighted by Gasteiger charge is -2.11. The van der Waals surface area contributed by atoms with Crippen molar-refractivity contribution in [2.45, 2.75) is 6.54 Å². The molecule has 0 aliphatic rings. The number of rotatable bonds is 5. The minimum absolute atomic E-state index is 0.253. The van der Waals surface area contributed by atoms with E-state index in [1.54, 1.807) is 12.4 Å². The first-order valence-electron chi connectivity index (χ1n) is 5.63. The van der Waals surface area contributed by atoms with Crippen LogP contribution in [-0.2, 0) is 6.54 Å². The van der Waals surface area contributed by atoms with Gasteiger partial charge in [-0.05, 0) is 18.2 Å². The first kappa shape index (κ1) is 13.4. The van der Waals surface area contributed by atoms with Gasteiger partial charge in [0, 0.05) is 16.6 Å².